The van der Waals surface area contributed by atoms with Crippen LogP contribution in [-0.4, -0.2) is 18.3 Å². The number of hydrogen-bond donors (Lipinski definition) is 2. The molecule has 0 amide bonds. The van der Waals surface area contributed by atoms with E-state index in [9.17, 15) is 5.11 Å². The van der Waals surface area contributed by atoms with Crippen LogP contribution in [0.15, 0.2) is 46.9 Å². The highest BCUT2D eigenvalue weighted by Crippen LogP contribution is 2.40. The minimum Gasteiger partial charge on any atom is -0.504 e. The first-order chi connectivity index (χ1) is 10.2. The number of hydrogen-bond acceptors (Lipinski definition) is 3. The topological polar surface area (TPSA) is 41.5 Å². The Labute approximate surface area is 133 Å². The summed E-state index contributed by atoms with van der Waals surface area (Å²) in [6, 6.07) is 14.4. The van der Waals surface area contributed by atoms with E-state index in [2.05, 4.69) is 45.5 Å². The molecular weight excluding hydrogens is 330 g/mol. The van der Waals surface area contributed by atoms with Crippen LogP contribution in [0, 0.1) is 0 Å². The summed E-state index contributed by atoms with van der Waals surface area (Å²) in [6.45, 7) is 0. The first-order valence-corrected chi connectivity index (χ1v) is 7.84. The summed E-state index contributed by atoms with van der Waals surface area (Å²) >= 11 is 3.52. The number of nitrogens with one attached hydrogen (secondary N) is 1. The quantitative estimate of drug-likeness (QED) is 0.854. The van der Waals surface area contributed by atoms with E-state index in [-0.39, 0.29) is 5.75 Å². The lowest BCUT2D eigenvalue weighted by atomic mass is 9.76. The van der Waals surface area contributed by atoms with Crippen molar-refractivity contribution in [3.63, 3.8) is 0 Å². The summed E-state index contributed by atoms with van der Waals surface area (Å²) in [5.41, 5.74) is 2.32. The third-order valence-electron chi connectivity index (χ3n) is 4.01. The van der Waals surface area contributed by atoms with Gasteiger partial charge in [0.2, 0.25) is 0 Å². The maximum atomic E-state index is 9.79. The van der Waals surface area contributed by atoms with Gasteiger partial charge in [-0.15, -0.1) is 0 Å². The number of rotatable bonds is 4. The number of phenolic OH excluding ortho intramolecular Hbond substituents is 1. The molecule has 0 aromatic heterocycles. The van der Waals surface area contributed by atoms with Crippen molar-refractivity contribution in [2.75, 3.05) is 12.4 Å². The van der Waals surface area contributed by atoms with Crippen LogP contribution in [0.4, 0.5) is 5.69 Å². The molecule has 1 fully saturated rings. The van der Waals surface area contributed by atoms with Gasteiger partial charge in [0.1, 0.15) is 0 Å². The van der Waals surface area contributed by atoms with Crippen LogP contribution in [0.2, 0.25) is 0 Å². The van der Waals surface area contributed by atoms with Gasteiger partial charge in [-0.3, -0.25) is 0 Å². The highest BCUT2D eigenvalue weighted by Gasteiger charge is 2.30. The van der Waals surface area contributed by atoms with Crippen molar-refractivity contribution in [1.29, 1.82) is 0 Å². The molecule has 0 spiro atoms. The highest BCUT2D eigenvalue weighted by molar-refractivity contribution is 9.10. The number of aromatic hydroxyl groups is 1. The molecule has 0 radical (unpaired) electrons. The first-order valence-electron chi connectivity index (χ1n) is 7.04. The second kappa shape index (κ2) is 5.98. The van der Waals surface area contributed by atoms with Gasteiger partial charge in [-0.2, -0.15) is 0 Å². The monoisotopic (exact) mass is 347 g/mol. The Morgan fingerprint density at radius 2 is 2.00 bits per heavy atom. The van der Waals surface area contributed by atoms with Gasteiger partial charge in [-0.05, 0) is 48.6 Å². The van der Waals surface area contributed by atoms with E-state index in [0.29, 0.717) is 17.7 Å². The van der Waals surface area contributed by atoms with Crippen molar-refractivity contribution in [2.24, 2.45) is 0 Å². The molecule has 0 unspecified atom stereocenters. The van der Waals surface area contributed by atoms with Gasteiger partial charge in [0.25, 0.3) is 0 Å². The first kappa shape index (κ1) is 14.3. The Hall–Kier alpha value is -1.68. The number of halogens is 1. The van der Waals surface area contributed by atoms with Crippen molar-refractivity contribution >= 4 is 21.6 Å². The van der Waals surface area contributed by atoms with E-state index in [0.717, 1.165) is 23.0 Å². The fourth-order valence-corrected chi connectivity index (χ4v) is 3.20. The lowest BCUT2D eigenvalue weighted by molar-refractivity contribution is 0.369. The average molecular weight is 348 g/mol. The fraction of sp³-hybridized carbons (Fsp3) is 0.294. The molecule has 1 aliphatic carbocycles. The minimum atomic E-state index is 0.172. The molecule has 0 aliphatic heterocycles. The minimum absolute atomic E-state index is 0.172. The SMILES string of the molecule is COc1ccc(NC2CC(c3cccc(Br)c3)C2)cc1O. The summed E-state index contributed by atoms with van der Waals surface area (Å²) in [4.78, 5) is 0. The Kier molecular flexibility index (Phi) is 4.06. The molecule has 2 N–H and O–H groups in total. The fourth-order valence-electron chi connectivity index (χ4n) is 2.78. The van der Waals surface area contributed by atoms with Crippen molar-refractivity contribution in [3.05, 3.63) is 52.5 Å². The molecule has 3 rings (SSSR count). The molecule has 2 aromatic rings. The number of methoxy groups -OCH3 is 1. The molecule has 110 valence electrons. The van der Waals surface area contributed by atoms with Gasteiger partial charge in [0, 0.05) is 22.3 Å². The Morgan fingerprint density at radius 3 is 2.67 bits per heavy atom. The second-order valence-corrected chi connectivity index (χ2v) is 6.37. The summed E-state index contributed by atoms with van der Waals surface area (Å²) in [5, 5.41) is 13.2. The van der Waals surface area contributed by atoms with Crippen LogP contribution in [-0.2, 0) is 0 Å². The zero-order valence-corrected chi connectivity index (χ0v) is 13.4. The maximum Gasteiger partial charge on any atom is 0.160 e. The highest BCUT2D eigenvalue weighted by atomic mass is 79.9. The standard InChI is InChI=1S/C17H18BrNO2/c1-21-17-6-5-14(10-16(17)20)19-15-8-12(9-15)11-3-2-4-13(18)7-11/h2-7,10,12,15,19-20H,8-9H2,1H3. The van der Waals surface area contributed by atoms with E-state index in [1.807, 2.05) is 6.07 Å². The van der Waals surface area contributed by atoms with E-state index in [4.69, 9.17) is 4.74 Å². The Morgan fingerprint density at radius 1 is 1.19 bits per heavy atom. The van der Waals surface area contributed by atoms with E-state index >= 15 is 0 Å². The molecular formula is C17H18BrNO2. The van der Waals surface area contributed by atoms with Crippen LogP contribution in [0.3, 0.4) is 0 Å². The lowest BCUT2D eigenvalue weighted by Crippen LogP contribution is -2.33. The predicted octanol–water partition coefficient (Wildman–Crippen LogP) is 4.52. The van der Waals surface area contributed by atoms with Gasteiger partial charge in [0.15, 0.2) is 11.5 Å². The van der Waals surface area contributed by atoms with Crippen LogP contribution in [0.5, 0.6) is 11.5 Å². The number of phenols is 1. The smallest absolute Gasteiger partial charge is 0.160 e. The van der Waals surface area contributed by atoms with Gasteiger partial charge in [-0.25, -0.2) is 0 Å². The molecule has 1 aliphatic rings. The molecule has 0 saturated heterocycles. The number of ether oxygens (including phenoxy) is 1. The predicted molar refractivity (Wildman–Crippen MR) is 88.2 cm³/mol. The van der Waals surface area contributed by atoms with Crippen LogP contribution in [0.25, 0.3) is 0 Å². The third kappa shape index (κ3) is 3.16. The Balaban J connectivity index is 1.58. The molecule has 4 heteroatoms. The summed E-state index contributed by atoms with van der Waals surface area (Å²) in [5.74, 6) is 1.29. The van der Waals surface area contributed by atoms with Gasteiger partial charge in [0.05, 0.1) is 7.11 Å². The molecule has 0 atom stereocenters. The number of benzene rings is 2. The van der Waals surface area contributed by atoms with Crippen LogP contribution >= 0.6 is 15.9 Å². The van der Waals surface area contributed by atoms with Gasteiger partial charge in [-0.1, -0.05) is 28.1 Å². The number of anilines is 1. The third-order valence-corrected chi connectivity index (χ3v) is 4.50. The van der Waals surface area contributed by atoms with Crippen LogP contribution in [0.1, 0.15) is 24.3 Å². The van der Waals surface area contributed by atoms with E-state index in [1.54, 1.807) is 19.2 Å². The molecule has 3 nitrogen and oxygen atoms in total. The zero-order chi connectivity index (χ0) is 14.8. The normalized spacial score (nSPS) is 20.7. The van der Waals surface area contributed by atoms with Crippen LogP contribution < -0.4 is 10.1 Å². The largest absolute Gasteiger partial charge is 0.504 e. The second-order valence-electron chi connectivity index (χ2n) is 5.45. The summed E-state index contributed by atoms with van der Waals surface area (Å²) < 4.78 is 6.18. The van der Waals surface area contributed by atoms with E-state index < -0.39 is 0 Å². The van der Waals surface area contributed by atoms with E-state index in [1.165, 1.54) is 5.56 Å². The van der Waals surface area contributed by atoms with Gasteiger partial charge >= 0.3 is 0 Å². The molecule has 2 aromatic carbocycles. The van der Waals surface area contributed by atoms with Crippen molar-refractivity contribution in [1.82, 2.24) is 0 Å². The molecule has 0 heterocycles. The average Bonchev–Trinajstić information content (AvgIpc) is 2.42. The van der Waals surface area contributed by atoms with Crippen molar-refractivity contribution in [3.8, 4) is 11.5 Å². The van der Waals surface area contributed by atoms with Crippen molar-refractivity contribution < 1.29 is 9.84 Å². The lowest BCUT2D eigenvalue weighted by Gasteiger charge is -2.37. The maximum absolute atomic E-state index is 9.79. The van der Waals surface area contributed by atoms with Gasteiger partial charge < -0.3 is 15.2 Å². The summed E-state index contributed by atoms with van der Waals surface area (Å²) in [6.07, 6.45) is 2.23. The Bertz CT molecular complexity index is 638. The summed E-state index contributed by atoms with van der Waals surface area (Å²) in [7, 11) is 1.55. The zero-order valence-electron chi connectivity index (χ0n) is 11.8. The molecule has 21 heavy (non-hydrogen) atoms. The molecule has 1 saturated carbocycles. The molecule has 0 bridgehead atoms. The van der Waals surface area contributed by atoms with Crippen molar-refractivity contribution in [2.45, 2.75) is 24.8 Å².